The SMILES string of the molecule is CC[C@]1(C(=O)O)N[C@H](c2ccccc2O)[C@H]2C(=O)N(c3ccccc3)C(=O)[C@H]21. The summed E-state index contributed by atoms with van der Waals surface area (Å²) < 4.78 is 0. The fourth-order valence-corrected chi connectivity index (χ4v) is 4.52. The first kappa shape index (κ1) is 18.2. The van der Waals surface area contributed by atoms with Gasteiger partial charge in [-0.15, -0.1) is 0 Å². The summed E-state index contributed by atoms with van der Waals surface area (Å²) >= 11 is 0. The molecular weight excluding hydrogens is 360 g/mol. The molecule has 28 heavy (non-hydrogen) atoms. The molecule has 2 saturated heterocycles. The third kappa shape index (κ3) is 2.36. The number of aliphatic carboxylic acids is 1. The Hall–Kier alpha value is -3.19. The Bertz CT molecular complexity index is 960. The number of phenols is 1. The second kappa shape index (κ2) is 6.45. The fourth-order valence-electron chi connectivity index (χ4n) is 4.52. The maximum absolute atomic E-state index is 13.3. The third-order valence-electron chi connectivity index (χ3n) is 5.88. The zero-order valence-corrected chi connectivity index (χ0v) is 15.2. The highest BCUT2D eigenvalue weighted by Crippen LogP contribution is 2.51. The Morgan fingerprint density at radius 1 is 1.07 bits per heavy atom. The maximum atomic E-state index is 13.3. The number of hydrogen-bond acceptors (Lipinski definition) is 5. The number of carbonyl (C=O) groups is 3. The number of carboxylic acids is 1. The van der Waals surface area contributed by atoms with Crippen LogP contribution in [0.3, 0.4) is 0 Å². The average Bonchev–Trinajstić information content (AvgIpc) is 3.17. The number of carbonyl (C=O) groups excluding carboxylic acids is 2. The number of anilines is 1. The largest absolute Gasteiger partial charge is 0.508 e. The molecule has 2 heterocycles. The highest BCUT2D eigenvalue weighted by Gasteiger charge is 2.68. The zero-order chi connectivity index (χ0) is 20.1. The molecule has 0 saturated carbocycles. The van der Waals surface area contributed by atoms with Crippen molar-refractivity contribution in [2.45, 2.75) is 24.9 Å². The van der Waals surface area contributed by atoms with E-state index >= 15 is 0 Å². The monoisotopic (exact) mass is 380 g/mol. The molecule has 144 valence electrons. The van der Waals surface area contributed by atoms with E-state index in [2.05, 4.69) is 5.32 Å². The van der Waals surface area contributed by atoms with Gasteiger partial charge in [0.1, 0.15) is 11.3 Å². The van der Waals surface area contributed by atoms with E-state index in [0.717, 1.165) is 4.90 Å². The van der Waals surface area contributed by atoms with Gasteiger partial charge in [0.2, 0.25) is 11.8 Å². The average molecular weight is 380 g/mol. The van der Waals surface area contributed by atoms with Crippen molar-refractivity contribution < 1.29 is 24.6 Å². The number of aromatic hydroxyl groups is 1. The molecule has 7 nitrogen and oxygen atoms in total. The molecule has 4 rings (SSSR count). The lowest BCUT2D eigenvalue weighted by atomic mass is 9.78. The minimum absolute atomic E-state index is 0.0468. The summed E-state index contributed by atoms with van der Waals surface area (Å²) in [7, 11) is 0. The Morgan fingerprint density at radius 3 is 2.32 bits per heavy atom. The van der Waals surface area contributed by atoms with Crippen molar-refractivity contribution in [2.24, 2.45) is 11.8 Å². The van der Waals surface area contributed by atoms with E-state index in [4.69, 9.17) is 0 Å². The summed E-state index contributed by atoms with van der Waals surface area (Å²) in [4.78, 5) is 39.9. The van der Waals surface area contributed by atoms with Crippen LogP contribution in [0, 0.1) is 11.8 Å². The maximum Gasteiger partial charge on any atom is 0.324 e. The summed E-state index contributed by atoms with van der Waals surface area (Å²) in [6.45, 7) is 1.67. The molecule has 2 aliphatic rings. The van der Waals surface area contributed by atoms with E-state index < -0.39 is 41.2 Å². The predicted molar refractivity (Wildman–Crippen MR) is 101 cm³/mol. The van der Waals surface area contributed by atoms with Crippen LogP contribution in [0.25, 0.3) is 0 Å². The normalized spacial score (nSPS) is 29.2. The van der Waals surface area contributed by atoms with Crippen LogP contribution < -0.4 is 10.2 Å². The van der Waals surface area contributed by atoms with Gasteiger partial charge in [-0.05, 0) is 24.6 Å². The quantitative estimate of drug-likeness (QED) is 0.701. The predicted octanol–water partition coefficient (Wildman–Crippen LogP) is 2.08. The molecule has 0 spiro atoms. The number of phenolic OH excluding ortho intramolecular Hbond substituents is 1. The molecule has 3 N–H and O–H groups in total. The highest BCUT2D eigenvalue weighted by molar-refractivity contribution is 6.24. The van der Waals surface area contributed by atoms with Crippen LogP contribution >= 0.6 is 0 Å². The molecule has 0 aromatic heterocycles. The van der Waals surface area contributed by atoms with Gasteiger partial charge in [0.25, 0.3) is 0 Å². The Morgan fingerprint density at radius 2 is 1.71 bits per heavy atom. The van der Waals surface area contributed by atoms with E-state index in [-0.39, 0.29) is 12.2 Å². The third-order valence-corrected chi connectivity index (χ3v) is 5.88. The molecule has 4 atom stereocenters. The summed E-state index contributed by atoms with van der Waals surface area (Å²) in [6.07, 6.45) is 0.120. The number of imide groups is 1. The van der Waals surface area contributed by atoms with Crippen molar-refractivity contribution in [1.82, 2.24) is 5.32 Å². The Balaban J connectivity index is 1.88. The molecule has 0 bridgehead atoms. The number of rotatable bonds is 4. The van der Waals surface area contributed by atoms with Gasteiger partial charge in [0, 0.05) is 11.6 Å². The van der Waals surface area contributed by atoms with Crippen molar-refractivity contribution in [1.29, 1.82) is 0 Å². The summed E-state index contributed by atoms with van der Waals surface area (Å²) in [5.41, 5.74) is -0.767. The molecule has 0 unspecified atom stereocenters. The van der Waals surface area contributed by atoms with Crippen molar-refractivity contribution in [2.75, 3.05) is 4.90 Å². The van der Waals surface area contributed by atoms with Crippen molar-refractivity contribution in [3.05, 3.63) is 60.2 Å². The first-order valence-electron chi connectivity index (χ1n) is 9.14. The Kier molecular flexibility index (Phi) is 4.19. The van der Waals surface area contributed by atoms with Crippen molar-refractivity contribution >= 4 is 23.5 Å². The molecule has 0 aliphatic carbocycles. The number of hydrogen-bond donors (Lipinski definition) is 3. The molecule has 2 aliphatic heterocycles. The number of para-hydroxylation sites is 2. The van der Waals surface area contributed by atoms with Crippen molar-refractivity contribution in [3.63, 3.8) is 0 Å². The summed E-state index contributed by atoms with van der Waals surface area (Å²) in [5, 5.41) is 23.3. The second-order valence-electron chi connectivity index (χ2n) is 7.16. The van der Waals surface area contributed by atoms with Crippen molar-refractivity contribution in [3.8, 4) is 5.75 Å². The van der Waals surface area contributed by atoms with Crippen LogP contribution in [0.2, 0.25) is 0 Å². The van der Waals surface area contributed by atoms with Gasteiger partial charge in [-0.3, -0.25) is 19.7 Å². The van der Waals surface area contributed by atoms with E-state index in [1.807, 2.05) is 0 Å². The van der Waals surface area contributed by atoms with Gasteiger partial charge in [-0.25, -0.2) is 4.90 Å². The molecule has 2 fully saturated rings. The van der Waals surface area contributed by atoms with Gasteiger partial charge in [-0.1, -0.05) is 43.3 Å². The lowest BCUT2D eigenvalue weighted by molar-refractivity contribution is -0.149. The standard InChI is InChI=1S/C21H20N2O5/c1-2-21(20(27)28)16-15(17(22-21)13-10-6-7-11-14(13)24)18(25)23(19(16)26)12-8-4-3-5-9-12/h3-11,15-17,22,24H,2H2,1H3,(H,27,28)/t15-,16-,17+,21-/m0/s1. The van der Waals surface area contributed by atoms with Gasteiger partial charge in [-0.2, -0.15) is 0 Å². The minimum atomic E-state index is -1.59. The van der Waals surface area contributed by atoms with E-state index in [1.165, 1.54) is 6.07 Å². The molecule has 2 aromatic carbocycles. The van der Waals surface area contributed by atoms with Crippen LogP contribution in [-0.4, -0.2) is 33.5 Å². The summed E-state index contributed by atoms with van der Waals surface area (Å²) in [6, 6.07) is 14.2. The van der Waals surface area contributed by atoms with Gasteiger partial charge >= 0.3 is 5.97 Å². The number of nitrogens with zero attached hydrogens (tertiary/aromatic N) is 1. The summed E-state index contributed by atoms with van der Waals surface area (Å²) in [5.74, 6) is -4.20. The van der Waals surface area contributed by atoms with Gasteiger partial charge in [0.15, 0.2) is 0 Å². The number of nitrogens with one attached hydrogen (secondary N) is 1. The van der Waals surface area contributed by atoms with Crippen LogP contribution in [0.1, 0.15) is 24.9 Å². The molecule has 2 amide bonds. The van der Waals surface area contributed by atoms with Gasteiger partial charge < -0.3 is 10.2 Å². The van der Waals surface area contributed by atoms with Crippen LogP contribution in [-0.2, 0) is 14.4 Å². The van der Waals surface area contributed by atoms with Crippen LogP contribution in [0.15, 0.2) is 54.6 Å². The number of fused-ring (bicyclic) bond motifs is 1. The molecular formula is C21H20N2O5. The highest BCUT2D eigenvalue weighted by atomic mass is 16.4. The molecule has 7 heteroatoms. The topological polar surface area (TPSA) is 107 Å². The number of amides is 2. The lowest BCUT2D eigenvalue weighted by Crippen LogP contribution is -2.55. The van der Waals surface area contributed by atoms with E-state index in [9.17, 15) is 24.6 Å². The van der Waals surface area contributed by atoms with Crippen LogP contribution in [0.4, 0.5) is 5.69 Å². The number of carboxylic acid groups (broad SMARTS) is 1. The Labute approximate surface area is 161 Å². The molecule has 0 radical (unpaired) electrons. The lowest BCUT2D eigenvalue weighted by Gasteiger charge is -2.30. The number of benzene rings is 2. The smallest absolute Gasteiger partial charge is 0.324 e. The first-order valence-corrected chi connectivity index (χ1v) is 9.14. The zero-order valence-electron chi connectivity index (χ0n) is 15.2. The van der Waals surface area contributed by atoms with Gasteiger partial charge in [0.05, 0.1) is 17.5 Å². The van der Waals surface area contributed by atoms with E-state index in [0.29, 0.717) is 11.3 Å². The molecule has 2 aromatic rings. The first-order chi connectivity index (χ1) is 13.4. The van der Waals surface area contributed by atoms with E-state index in [1.54, 1.807) is 55.5 Å². The minimum Gasteiger partial charge on any atom is -0.508 e. The van der Waals surface area contributed by atoms with Crippen LogP contribution in [0.5, 0.6) is 5.75 Å². The second-order valence-corrected chi connectivity index (χ2v) is 7.16. The fraction of sp³-hybridized carbons (Fsp3) is 0.286.